The van der Waals surface area contributed by atoms with Gasteiger partial charge in [0.25, 0.3) is 0 Å². The second kappa shape index (κ2) is 7.40. The number of hydrogen-bond donors (Lipinski definition) is 0. The van der Waals surface area contributed by atoms with Gasteiger partial charge in [-0.25, -0.2) is 4.68 Å². The fraction of sp³-hybridized carbons (Fsp3) is 0.389. The molecule has 1 amide bonds. The average Bonchev–Trinajstić information content (AvgIpc) is 3.00. The Morgan fingerprint density at radius 2 is 1.96 bits per heavy atom. The van der Waals surface area contributed by atoms with Crippen LogP contribution in [0.25, 0.3) is 6.08 Å². The van der Waals surface area contributed by atoms with Crippen LogP contribution in [-0.2, 0) is 16.1 Å². The Labute approximate surface area is 141 Å². The Balaban J connectivity index is 1.59. The van der Waals surface area contributed by atoms with Crippen LogP contribution in [0.4, 0.5) is 0 Å². The van der Waals surface area contributed by atoms with Gasteiger partial charge in [-0.1, -0.05) is 35.5 Å². The first-order valence-corrected chi connectivity index (χ1v) is 8.16. The molecular weight excluding hydrogens is 304 g/mol. The van der Waals surface area contributed by atoms with Crippen LogP contribution in [0, 0.1) is 0 Å². The molecule has 2 atom stereocenters. The molecule has 6 nitrogen and oxygen atoms in total. The lowest BCUT2D eigenvalue weighted by molar-refractivity contribution is -0.137. The van der Waals surface area contributed by atoms with E-state index >= 15 is 0 Å². The Hall–Kier alpha value is -2.47. The average molecular weight is 326 g/mol. The van der Waals surface area contributed by atoms with Crippen LogP contribution in [0.15, 0.2) is 42.6 Å². The summed E-state index contributed by atoms with van der Waals surface area (Å²) >= 11 is 0. The molecule has 2 heterocycles. The van der Waals surface area contributed by atoms with Crippen molar-refractivity contribution < 1.29 is 9.53 Å². The van der Waals surface area contributed by atoms with E-state index < -0.39 is 0 Å². The number of aromatic nitrogens is 3. The van der Waals surface area contributed by atoms with Crippen LogP contribution in [0.2, 0.25) is 0 Å². The van der Waals surface area contributed by atoms with Gasteiger partial charge in [-0.05, 0) is 25.5 Å². The molecule has 0 radical (unpaired) electrons. The highest BCUT2D eigenvalue weighted by Gasteiger charge is 2.24. The summed E-state index contributed by atoms with van der Waals surface area (Å²) in [6, 6.07) is 10.1. The van der Waals surface area contributed by atoms with Gasteiger partial charge in [-0.15, -0.1) is 5.10 Å². The van der Waals surface area contributed by atoms with Crippen LogP contribution in [0.1, 0.15) is 25.1 Å². The van der Waals surface area contributed by atoms with E-state index in [1.54, 1.807) is 16.8 Å². The number of rotatable bonds is 4. The zero-order valence-electron chi connectivity index (χ0n) is 14.0. The van der Waals surface area contributed by atoms with E-state index in [0.29, 0.717) is 25.3 Å². The first kappa shape index (κ1) is 16.4. The summed E-state index contributed by atoms with van der Waals surface area (Å²) < 4.78 is 7.41. The molecule has 126 valence electrons. The topological polar surface area (TPSA) is 60.2 Å². The molecular formula is C18H22N4O2. The van der Waals surface area contributed by atoms with Crippen molar-refractivity contribution in [1.29, 1.82) is 0 Å². The van der Waals surface area contributed by atoms with Crippen molar-refractivity contribution >= 4 is 12.0 Å². The van der Waals surface area contributed by atoms with E-state index in [-0.39, 0.29) is 18.1 Å². The summed E-state index contributed by atoms with van der Waals surface area (Å²) in [5.41, 5.74) is 1.83. The second-order valence-electron chi connectivity index (χ2n) is 6.16. The summed E-state index contributed by atoms with van der Waals surface area (Å²) in [5.74, 6) is -0.0189. The van der Waals surface area contributed by atoms with Gasteiger partial charge < -0.3 is 9.64 Å². The van der Waals surface area contributed by atoms with E-state index in [1.807, 2.05) is 55.3 Å². The highest BCUT2D eigenvalue weighted by molar-refractivity contribution is 5.91. The summed E-state index contributed by atoms with van der Waals surface area (Å²) in [4.78, 5) is 14.1. The summed E-state index contributed by atoms with van der Waals surface area (Å²) in [6.07, 6.45) is 5.24. The highest BCUT2D eigenvalue weighted by atomic mass is 16.5. The number of morpholine rings is 1. The molecule has 1 aliphatic rings. The van der Waals surface area contributed by atoms with Crippen molar-refractivity contribution in [3.8, 4) is 0 Å². The summed E-state index contributed by atoms with van der Waals surface area (Å²) in [5, 5.41) is 8.19. The van der Waals surface area contributed by atoms with Gasteiger partial charge in [0.1, 0.15) is 5.69 Å². The zero-order chi connectivity index (χ0) is 16.9. The smallest absolute Gasteiger partial charge is 0.246 e. The maximum Gasteiger partial charge on any atom is 0.246 e. The van der Waals surface area contributed by atoms with Crippen molar-refractivity contribution in [2.75, 3.05) is 13.1 Å². The molecule has 0 spiro atoms. The van der Waals surface area contributed by atoms with Crippen molar-refractivity contribution in [2.45, 2.75) is 32.6 Å². The summed E-state index contributed by atoms with van der Waals surface area (Å²) in [7, 11) is 0. The van der Waals surface area contributed by atoms with E-state index in [4.69, 9.17) is 4.74 Å². The van der Waals surface area contributed by atoms with Crippen LogP contribution >= 0.6 is 0 Å². The number of carbonyl (C=O) groups is 1. The lowest BCUT2D eigenvalue weighted by Crippen LogP contribution is -2.47. The number of carbonyl (C=O) groups excluding carboxylic acids is 1. The fourth-order valence-corrected chi connectivity index (χ4v) is 2.86. The standard InChI is InChI=1S/C18H22N4O2/c1-14-10-21(11-15(2)24-14)18(23)9-8-17-13-22(20-19-17)12-16-6-4-3-5-7-16/h3-9,13-15H,10-12H2,1-2H3. The molecule has 2 aromatic rings. The monoisotopic (exact) mass is 326 g/mol. The maximum atomic E-state index is 12.3. The van der Waals surface area contributed by atoms with E-state index in [2.05, 4.69) is 10.3 Å². The van der Waals surface area contributed by atoms with Crippen LogP contribution in [0.5, 0.6) is 0 Å². The first-order chi connectivity index (χ1) is 11.6. The molecule has 1 aliphatic heterocycles. The SMILES string of the molecule is CC1CN(C(=O)C=Cc2cn(Cc3ccccc3)nn2)CC(C)O1. The molecule has 1 aromatic heterocycles. The minimum Gasteiger partial charge on any atom is -0.372 e. The van der Waals surface area contributed by atoms with Gasteiger partial charge in [0, 0.05) is 19.2 Å². The van der Waals surface area contributed by atoms with Crippen molar-refractivity contribution in [1.82, 2.24) is 19.9 Å². The minimum absolute atomic E-state index is 0.0189. The number of ether oxygens (including phenoxy) is 1. The molecule has 0 aliphatic carbocycles. The second-order valence-corrected chi connectivity index (χ2v) is 6.16. The van der Waals surface area contributed by atoms with Crippen LogP contribution < -0.4 is 0 Å². The number of amides is 1. The Bertz CT molecular complexity index is 701. The molecule has 3 rings (SSSR count). The van der Waals surface area contributed by atoms with Gasteiger partial charge in [0.05, 0.1) is 24.9 Å². The maximum absolute atomic E-state index is 12.3. The van der Waals surface area contributed by atoms with Gasteiger partial charge in [-0.2, -0.15) is 0 Å². The minimum atomic E-state index is -0.0189. The Kier molecular flexibility index (Phi) is 5.05. The lowest BCUT2D eigenvalue weighted by atomic mass is 10.2. The van der Waals surface area contributed by atoms with E-state index in [9.17, 15) is 4.79 Å². The predicted molar refractivity (Wildman–Crippen MR) is 91.2 cm³/mol. The Morgan fingerprint density at radius 1 is 1.25 bits per heavy atom. The molecule has 0 bridgehead atoms. The molecule has 0 N–H and O–H groups in total. The molecule has 2 unspecified atom stereocenters. The lowest BCUT2D eigenvalue weighted by Gasteiger charge is -2.34. The quantitative estimate of drug-likeness (QED) is 0.806. The van der Waals surface area contributed by atoms with Gasteiger partial charge >= 0.3 is 0 Å². The van der Waals surface area contributed by atoms with Crippen molar-refractivity contribution in [3.05, 3.63) is 53.9 Å². The van der Waals surface area contributed by atoms with Gasteiger partial charge in [0.15, 0.2) is 0 Å². The number of benzene rings is 1. The van der Waals surface area contributed by atoms with Gasteiger partial charge in [0.2, 0.25) is 5.91 Å². The fourth-order valence-electron chi connectivity index (χ4n) is 2.86. The third kappa shape index (κ3) is 4.29. The molecule has 1 saturated heterocycles. The Morgan fingerprint density at radius 3 is 2.67 bits per heavy atom. The predicted octanol–water partition coefficient (Wildman–Crippen LogP) is 1.98. The first-order valence-electron chi connectivity index (χ1n) is 8.16. The number of nitrogens with zero attached hydrogens (tertiary/aromatic N) is 4. The molecule has 1 aromatic carbocycles. The third-order valence-corrected chi connectivity index (χ3v) is 3.87. The highest BCUT2D eigenvalue weighted by Crippen LogP contribution is 2.11. The van der Waals surface area contributed by atoms with E-state index in [0.717, 1.165) is 5.56 Å². The van der Waals surface area contributed by atoms with Crippen molar-refractivity contribution in [2.24, 2.45) is 0 Å². The molecule has 24 heavy (non-hydrogen) atoms. The number of hydrogen-bond acceptors (Lipinski definition) is 4. The normalized spacial score (nSPS) is 21.3. The molecule has 6 heteroatoms. The largest absolute Gasteiger partial charge is 0.372 e. The zero-order valence-corrected chi connectivity index (χ0v) is 14.0. The van der Waals surface area contributed by atoms with Crippen molar-refractivity contribution in [3.63, 3.8) is 0 Å². The summed E-state index contributed by atoms with van der Waals surface area (Å²) in [6.45, 7) is 5.86. The molecule has 1 fully saturated rings. The van der Waals surface area contributed by atoms with Crippen LogP contribution in [0.3, 0.4) is 0 Å². The van der Waals surface area contributed by atoms with E-state index in [1.165, 1.54) is 0 Å². The van der Waals surface area contributed by atoms with Gasteiger partial charge in [-0.3, -0.25) is 4.79 Å². The van der Waals surface area contributed by atoms with Crippen LogP contribution in [-0.4, -0.2) is 51.1 Å². The molecule has 0 saturated carbocycles. The third-order valence-electron chi connectivity index (χ3n) is 3.87.